The van der Waals surface area contributed by atoms with Crippen LogP contribution in [0.1, 0.15) is 14.5 Å². The molecule has 0 radical (unpaired) electrons. The van der Waals surface area contributed by atoms with E-state index >= 15 is 0 Å². The number of carboxylic acids is 1. The van der Waals surface area contributed by atoms with Crippen molar-refractivity contribution >= 4 is 23.0 Å². The van der Waals surface area contributed by atoms with E-state index < -0.39 is 28.1 Å². The number of carbonyl (C=O) groups is 1. The van der Waals surface area contributed by atoms with Gasteiger partial charge in [0.15, 0.2) is 5.82 Å². The maximum Gasteiger partial charge on any atom is 0.345 e. The van der Waals surface area contributed by atoms with Crippen molar-refractivity contribution in [2.75, 3.05) is 0 Å². The minimum Gasteiger partial charge on any atom is -0.479 e. The van der Waals surface area contributed by atoms with Crippen LogP contribution in [0.2, 0.25) is 0 Å². The molecule has 1 N–H and O–H groups in total. The van der Waals surface area contributed by atoms with Crippen LogP contribution >= 0.6 is 11.3 Å². The van der Waals surface area contributed by atoms with Crippen LogP contribution in [-0.2, 0) is 6.61 Å². The third-order valence-electron chi connectivity index (χ3n) is 2.37. The molecule has 1 aromatic carbocycles. The van der Waals surface area contributed by atoms with Crippen LogP contribution in [-0.4, -0.2) is 16.0 Å². The number of rotatable bonds is 5. The highest BCUT2D eigenvalue weighted by atomic mass is 32.1. The Morgan fingerprint density at radius 2 is 2.15 bits per heavy atom. The zero-order valence-electron chi connectivity index (χ0n) is 9.91. The van der Waals surface area contributed by atoms with E-state index in [1.54, 1.807) is 0 Å². The second-order valence-electron chi connectivity index (χ2n) is 3.70. The number of nitro benzene ring substituents is 1. The fourth-order valence-electron chi connectivity index (χ4n) is 1.50. The molecular formula is C12H8FNO5S. The van der Waals surface area contributed by atoms with E-state index in [0.29, 0.717) is 4.88 Å². The highest BCUT2D eigenvalue weighted by Gasteiger charge is 2.19. The monoisotopic (exact) mass is 297 g/mol. The predicted molar refractivity (Wildman–Crippen MR) is 68.7 cm³/mol. The van der Waals surface area contributed by atoms with Crippen LogP contribution in [0.25, 0.3) is 0 Å². The molecule has 0 aliphatic rings. The highest BCUT2D eigenvalue weighted by Crippen LogP contribution is 2.31. The predicted octanol–water partition coefficient (Wildman–Crippen LogP) is 3.07. The van der Waals surface area contributed by atoms with Gasteiger partial charge in [0.2, 0.25) is 5.75 Å². The standard InChI is InChI=1S/C12H8FNO5S/c13-8-2-1-3-9(14(17)18)11(8)19-6-7-4-5-10(20-7)12(15)16/h1-5H,6H2,(H,15,16). The number of aromatic carboxylic acids is 1. The van der Waals surface area contributed by atoms with Crippen molar-refractivity contribution in [2.24, 2.45) is 0 Å². The van der Waals surface area contributed by atoms with Crippen molar-refractivity contribution in [3.8, 4) is 5.75 Å². The summed E-state index contributed by atoms with van der Waals surface area (Å²) in [4.78, 5) is 21.4. The van der Waals surface area contributed by atoms with Gasteiger partial charge in [0, 0.05) is 10.9 Å². The third kappa shape index (κ3) is 2.91. The molecule has 0 saturated heterocycles. The van der Waals surface area contributed by atoms with Crippen LogP contribution < -0.4 is 4.74 Å². The average Bonchev–Trinajstić information content (AvgIpc) is 2.86. The van der Waals surface area contributed by atoms with Gasteiger partial charge in [-0.05, 0) is 18.2 Å². The van der Waals surface area contributed by atoms with E-state index in [1.165, 1.54) is 18.2 Å². The third-order valence-corrected chi connectivity index (χ3v) is 3.42. The molecule has 1 heterocycles. The van der Waals surface area contributed by atoms with Gasteiger partial charge in [-0.15, -0.1) is 11.3 Å². The number of carboxylic acid groups (broad SMARTS) is 1. The van der Waals surface area contributed by atoms with E-state index in [0.717, 1.165) is 23.5 Å². The van der Waals surface area contributed by atoms with Crippen molar-refractivity contribution in [3.05, 3.63) is 56.0 Å². The van der Waals surface area contributed by atoms with Gasteiger partial charge in [0.05, 0.1) is 4.92 Å². The number of para-hydroxylation sites is 1. The van der Waals surface area contributed by atoms with Gasteiger partial charge in [-0.2, -0.15) is 0 Å². The lowest BCUT2D eigenvalue weighted by molar-refractivity contribution is -0.386. The minimum atomic E-state index is -1.07. The Hall–Kier alpha value is -2.48. The Morgan fingerprint density at radius 3 is 2.75 bits per heavy atom. The summed E-state index contributed by atoms with van der Waals surface area (Å²) in [5.74, 6) is -2.37. The lowest BCUT2D eigenvalue weighted by atomic mass is 10.3. The quantitative estimate of drug-likeness (QED) is 0.676. The van der Waals surface area contributed by atoms with Crippen molar-refractivity contribution in [1.29, 1.82) is 0 Å². The number of nitro groups is 1. The average molecular weight is 297 g/mol. The molecule has 0 unspecified atom stereocenters. The maximum atomic E-state index is 13.5. The Labute approximate surface area is 116 Å². The number of nitrogens with zero attached hydrogens (tertiary/aromatic N) is 1. The van der Waals surface area contributed by atoms with E-state index in [9.17, 15) is 19.3 Å². The van der Waals surface area contributed by atoms with E-state index in [4.69, 9.17) is 9.84 Å². The summed E-state index contributed by atoms with van der Waals surface area (Å²) in [6.45, 7) is -0.139. The molecule has 2 aromatic rings. The minimum absolute atomic E-state index is 0.117. The molecule has 0 saturated carbocycles. The first-order chi connectivity index (χ1) is 9.49. The first kappa shape index (κ1) is 13.9. The van der Waals surface area contributed by atoms with Crippen molar-refractivity contribution in [1.82, 2.24) is 0 Å². The number of thiophene rings is 1. The fraction of sp³-hybridized carbons (Fsp3) is 0.0833. The topological polar surface area (TPSA) is 89.7 Å². The van der Waals surface area contributed by atoms with E-state index in [2.05, 4.69) is 0 Å². The van der Waals surface area contributed by atoms with Crippen LogP contribution in [0.5, 0.6) is 5.75 Å². The number of benzene rings is 1. The zero-order chi connectivity index (χ0) is 14.7. The van der Waals surface area contributed by atoms with E-state index in [-0.39, 0.29) is 11.5 Å². The first-order valence-corrected chi connectivity index (χ1v) is 6.18. The van der Waals surface area contributed by atoms with Gasteiger partial charge >= 0.3 is 11.7 Å². The SMILES string of the molecule is O=C(O)c1ccc(COc2c(F)cccc2[N+](=O)[O-])s1. The van der Waals surface area contributed by atoms with Gasteiger partial charge in [0.25, 0.3) is 0 Å². The Morgan fingerprint density at radius 1 is 1.40 bits per heavy atom. The van der Waals surface area contributed by atoms with Gasteiger partial charge in [-0.25, -0.2) is 9.18 Å². The molecule has 104 valence electrons. The largest absolute Gasteiger partial charge is 0.479 e. The van der Waals surface area contributed by atoms with Gasteiger partial charge in [-0.1, -0.05) is 6.07 Å². The summed E-state index contributed by atoms with van der Waals surface area (Å²) in [5.41, 5.74) is -0.472. The molecule has 0 amide bonds. The second-order valence-corrected chi connectivity index (χ2v) is 4.87. The molecule has 0 fully saturated rings. The summed E-state index contributed by atoms with van der Waals surface area (Å²) in [6, 6.07) is 6.31. The molecule has 0 aliphatic heterocycles. The number of hydrogen-bond acceptors (Lipinski definition) is 5. The van der Waals surface area contributed by atoms with Gasteiger partial charge in [0.1, 0.15) is 11.5 Å². The summed E-state index contributed by atoms with van der Waals surface area (Å²) < 4.78 is 18.6. The molecule has 6 nitrogen and oxygen atoms in total. The fourth-order valence-corrected chi connectivity index (χ4v) is 2.26. The number of ether oxygens (including phenoxy) is 1. The molecule has 0 spiro atoms. The lowest BCUT2D eigenvalue weighted by Crippen LogP contribution is -2.00. The molecular weight excluding hydrogens is 289 g/mol. The summed E-state index contributed by atoms with van der Waals surface area (Å²) in [7, 11) is 0. The van der Waals surface area contributed by atoms with E-state index in [1.807, 2.05) is 0 Å². The van der Waals surface area contributed by atoms with Crippen LogP contribution in [0, 0.1) is 15.9 Å². The lowest BCUT2D eigenvalue weighted by Gasteiger charge is -2.06. The molecule has 1 aromatic heterocycles. The van der Waals surface area contributed by atoms with Gasteiger partial charge < -0.3 is 9.84 Å². The number of halogens is 1. The molecule has 0 bridgehead atoms. The summed E-state index contributed by atoms with van der Waals surface area (Å²) in [6.07, 6.45) is 0. The smallest absolute Gasteiger partial charge is 0.345 e. The zero-order valence-corrected chi connectivity index (χ0v) is 10.7. The van der Waals surface area contributed by atoms with Crippen molar-refractivity contribution in [3.63, 3.8) is 0 Å². The highest BCUT2D eigenvalue weighted by molar-refractivity contribution is 7.13. The van der Waals surface area contributed by atoms with Crippen LogP contribution in [0.3, 0.4) is 0 Å². The molecule has 20 heavy (non-hydrogen) atoms. The molecule has 2 rings (SSSR count). The summed E-state index contributed by atoms with van der Waals surface area (Å²) in [5, 5.41) is 19.5. The van der Waals surface area contributed by atoms with Crippen LogP contribution in [0.15, 0.2) is 30.3 Å². The van der Waals surface area contributed by atoms with Crippen molar-refractivity contribution < 1.29 is 24.0 Å². The summed E-state index contributed by atoms with van der Waals surface area (Å²) >= 11 is 0.963. The van der Waals surface area contributed by atoms with Crippen LogP contribution in [0.4, 0.5) is 10.1 Å². The normalized spacial score (nSPS) is 10.2. The first-order valence-electron chi connectivity index (χ1n) is 5.36. The number of hydrogen-bond donors (Lipinski definition) is 1. The van der Waals surface area contributed by atoms with Gasteiger partial charge in [-0.3, -0.25) is 10.1 Å². The van der Waals surface area contributed by atoms with Crippen molar-refractivity contribution in [2.45, 2.75) is 6.61 Å². The molecule has 0 atom stereocenters. The Kier molecular flexibility index (Phi) is 3.94. The Bertz CT molecular complexity index is 670. The Balaban J connectivity index is 2.18. The molecule has 0 aliphatic carbocycles. The molecule has 8 heteroatoms. The maximum absolute atomic E-state index is 13.5. The second kappa shape index (κ2) is 5.66.